The maximum Gasteiger partial charge on any atom is 0.307 e. The Labute approximate surface area is 189 Å². The van der Waals surface area contributed by atoms with Crippen LogP contribution in [0, 0.1) is 0 Å². The Hall–Kier alpha value is -2.77. The number of anilines is 2. The molecule has 0 radical (unpaired) electrons. The van der Waals surface area contributed by atoms with Crippen molar-refractivity contribution in [3.8, 4) is 17.1 Å². The van der Waals surface area contributed by atoms with E-state index in [1.54, 1.807) is 7.11 Å². The molecule has 1 N–H and O–H groups in total. The summed E-state index contributed by atoms with van der Waals surface area (Å²) in [6.07, 6.45) is 0.896. The van der Waals surface area contributed by atoms with Gasteiger partial charge in [-0.15, -0.1) is 0 Å². The molecule has 3 aromatic rings. The van der Waals surface area contributed by atoms with Gasteiger partial charge in [0.2, 0.25) is 0 Å². The van der Waals surface area contributed by atoms with Crippen molar-refractivity contribution in [1.29, 1.82) is 0 Å². The minimum Gasteiger partial charge on any atom is -0.495 e. The topological polar surface area (TPSA) is 75.5 Å². The molecule has 0 saturated carbocycles. The number of methoxy groups -OCH3 is 1. The number of aromatic nitrogens is 2. The van der Waals surface area contributed by atoms with Gasteiger partial charge in [-0.25, -0.2) is 9.97 Å². The molecular formula is C23H20ClN3O3S. The lowest BCUT2D eigenvalue weighted by atomic mass is 10.1. The van der Waals surface area contributed by atoms with Crippen LogP contribution in [0.25, 0.3) is 11.4 Å². The van der Waals surface area contributed by atoms with Crippen LogP contribution in [-0.4, -0.2) is 34.7 Å². The SMILES string of the molecule is COc1ccc(-c2nc3c(c(N4CCc5cc(CC(=O)O)ccc54)n2)CSC3)cc1Cl. The van der Waals surface area contributed by atoms with Gasteiger partial charge < -0.3 is 14.7 Å². The molecule has 3 heterocycles. The van der Waals surface area contributed by atoms with E-state index >= 15 is 0 Å². The Balaban J connectivity index is 1.57. The van der Waals surface area contributed by atoms with Crippen molar-refractivity contribution in [3.05, 3.63) is 63.8 Å². The number of carboxylic acids is 1. The summed E-state index contributed by atoms with van der Waals surface area (Å²) in [5.41, 5.74) is 6.16. The predicted octanol–water partition coefficient (Wildman–Crippen LogP) is 4.87. The number of rotatable bonds is 5. The summed E-state index contributed by atoms with van der Waals surface area (Å²) in [7, 11) is 1.59. The number of benzene rings is 2. The maximum absolute atomic E-state index is 11.1. The first-order valence-corrected chi connectivity index (χ1v) is 11.5. The molecule has 6 nitrogen and oxygen atoms in total. The standard InChI is InChI=1S/C23H20ClN3O3S/c1-30-20-5-3-15(10-17(20)24)22-25-18-12-31-11-16(18)23(26-22)27-7-6-14-8-13(9-21(28)29)2-4-19(14)27/h2-5,8,10H,6-7,9,11-12H2,1H3,(H,28,29). The van der Waals surface area contributed by atoms with Crippen LogP contribution in [0.15, 0.2) is 36.4 Å². The van der Waals surface area contributed by atoms with Gasteiger partial charge in [-0.1, -0.05) is 23.7 Å². The van der Waals surface area contributed by atoms with Gasteiger partial charge in [0.15, 0.2) is 5.82 Å². The Kier molecular flexibility index (Phi) is 5.24. The Morgan fingerprint density at radius 1 is 1.23 bits per heavy atom. The lowest BCUT2D eigenvalue weighted by Crippen LogP contribution is -2.18. The molecule has 8 heteroatoms. The molecule has 0 fully saturated rings. The van der Waals surface area contributed by atoms with Crippen molar-refractivity contribution in [2.75, 3.05) is 18.6 Å². The fourth-order valence-corrected chi connectivity index (χ4v) is 5.44. The molecule has 2 aliphatic rings. The molecule has 0 unspecified atom stereocenters. The zero-order valence-corrected chi connectivity index (χ0v) is 18.5. The van der Waals surface area contributed by atoms with E-state index in [1.807, 2.05) is 48.2 Å². The van der Waals surface area contributed by atoms with E-state index in [-0.39, 0.29) is 6.42 Å². The van der Waals surface area contributed by atoms with Crippen molar-refractivity contribution >= 4 is 40.8 Å². The third kappa shape index (κ3) is 3.72. The number of aliphatic carboxylic acids is 1. The molecule has 0 amide bonds. The second-order valence-electron chi connectivity index (χ2n) is 7.57. The van der Waals surface area contributed by atoms with E-state index in [1.165, 1.54) is 5.56 Å². The lowest BCUT2D eigenvalue weighted by Gasteiger charge is -2.22. The van der Waals surface area contributed by atoms with Crippen LogP contribution in [0.5, 0.6) is 5.75 Å². The molecule has 2 aliphatic heterocycles. The predicted molar refractivity (Wildman–Crippen MR) is 123 cm³/mol. The molecule has 5 rings (SSSR count). The number of ether oxygens (including phenoxy) is 1. The quantitative estimate of drug-likeness (QED) is 0.590. The lowest BCUT2D eigenvalue weighted by molar-refractivity contribution is -0.136. The van der Waals surface area contributed by atoms with Crippen LogP contribution in [0.1, 0.15) is 22.4 Å². The fraction of sp³-hybridized carbons (Fsp3) is 0.261. The van der Waals surface area contributed by atoms with Gasteiger partial charge in [0.1, 0.15) is 11.6 Å². The average Bonchev–Trinajstić information content (AvgIpc) is 3.39. The molecule has 0 aliphatic carbocycles. The second-order valence-corrected chi connectivity index (χ2v) is 8.97. The van der Waals surface area contributed by atoms with Crippen LogP contribution >= 0.6 is 23.4 Å². The van der Waals surface area contributed by atoms with Gasteiger partial charge in [-0.2, -0.15) is 11.8 Å². The fourth-order valence-electron chi connectivity index (χ4n) is 4.15. The highest BCUT2D eigenvalue weighted by Gasteiger charge is 2.29. The van der Waals surface area contributed by atoms with Crippen LogP contribution < -0.4 is 9.64 Å². The summed E-state index contributed by atoms with van der Waals surface area (Å²) in [4.78, 5) is 23.1. The Bertz CT molecular complexity index is 1200. The monoisotopic (exact) mass is 453 g/mol. The molecule has 1 aromatic heterocycles. The summed E-state index contributed by atoms with van der Waals surface area (Å²) in [6.45, 7) is 0.808. The highest BCUT2D eigenvalue weighted by molar-refractivity contribution is 7.98. The first-order chi connectivity index (χ1) is 15.0. The first-order valence-electron chi connectivity index (χ1n) is 9.96. The molecular weight excluding hydrogens is 434 g/mol. The van der Waals surface area contributed by atoms with E-state index in [0.29, 0.717) is 16.6 Å². The number of carbonyl (C=O) groups is 1. The van der Waals surface area contributed by atoms with Gasteiger partial charge in [0.25, 0.3) is 0 Å². The van der Waals surface area contributed by atoms with Crippen molar-refractivity contribution in [2.24, 2.45) is 0 Å². The minimum atomic E-state index is -0.816. The van der Waals surface area contributed by atoms with Crippen LogP contribution in [0.3, 0.4) is 0 Å². The molecule has 158 valence electrons. The van der Waals surface area contributed by atoms with E-state index < -0.39 is 5.97 Å². The van der Waals surface area contributed by atoms with E-state index in [2.05, 4.69) is 4.90 Å². The van der Waals surface area contributed by atoms with E-state index in [0.717, 1.165) is 58.4 Å². The molecule has 0 spiro atoms. The summed E-state index contributed by atoms with van der Waals surface area (Å²) in [6, 6.07) is 11.5. The average molecular weight is 454 g/mol. The molecule has 0 atom stereocenters. The van der Waals surface area contributed by atoms with Crippen LogP contribution in [0.4, 0.5) is 11.5 Å². The van der Waals surface area contributed by atoms with Crippen molar-refractivity contribution in [1.82, 2.24) is 9.97 Å². The number of fused-ring (bicyclic) bond motifs is 2. The number of nitrogens with zero attached hydrogens (tertiary/aromatic N) is 3. The number of hydrogen-bond donors (Lipinski definition) is 1. The zero-order valence-electron chi connectivity index (χ0n) is 16.9. The van der Waals surface area contributed by atoms with Gasteiger partial charge in [-0.05, 0) is 41.8 Å². The third-order valence-electron chi connectivity index (χ3n) is 5.62. The van der Waals surface area contributed by atoms with Crippen LogP contribution in [-0.2, 0) is 29.1 Å². The van der Waals surface area contributed by atoms with Crippen molar-refractivity contribution in [3.63, 3.8) is 0 Å². The Morgan fingerprint density at radius 3 is 2.87 bits per heavy atom. The summed E-state index contributed by atoms with van der Waals surface area (Å²) < 4.78 is 5.27. The highest BCUT2D eigenvalue weighted by atomic mass is 35.5. The first kappa shape index (κ1) is 20.2. The van der Waals surface area contributed by atoms with Crippen molar-refractivity contribution in [2.45, 2.75) is 24.3 Å². The van der Waals surface area contributed by atoms with Crippen molar-refractivity contribution < 1.29 is 14.6 Å². The largest absolute Gasteiger partial charge is 0.495 e. The minimum absolute atomic E-state index is 0.0369. The maximum atomic E-state index is 11.1. The summed E-state index contributed by atoms with van der Waals surface area (Å²) >= 11 is 8.18. The number of halogens is 1. The zero-order chi connectivity index (χ0) is 21.5. The van der Waals surface area contributed by atoms with Gasteiger partial charge in [0, 0.05) is 34.9 Å². The highest BCUT2D eigenvalue weighted by Crippen LogP contribution is 2.42. The number of thioether (sulfide) groups is 1. The number of carboxylic acid groups (broad SMARTS) is 1. The third-order valence-corrected chi connectivity index (χ3v) is 6.88. The Morgan fingerprint density at radius 2 is 2.10 bits per heavy atom. The normalized spacial score (nSPS) is 14.5. The summed E-state index contributed by atoms with van der Waals surface area (Å²) in [5, 5.41) is 9.62. The van der Waals surface area contributed by atoms with Gasteiger partial charge in [-0.3, -0.25) is 4.79 Å². The second kappa shape index (κ2) is 8.05. The molecule has 0 saturated heterocycles. The smallest absolute Gasteiger partial charge is 0.307 e. The van der Waals surface area contributed by atoms with Gasteiger partial charge >= 0.3 is 5.97 Å². The van der Waals surface area contributed by atoms with Gasteiger partial charge in [0.05, 0.1) is 24.2 Å². The number of hydrogen-bond acceptors (Lipinski definition) is 6. The summed E-state index contributed by atoms with van der Waals surface area (Å²) in [5.74, 6) is 3.13. The van der Waals surface area contributed by atoms with E-state index in [9.17, 15) is 4.79 Å². The molecule has 31 heavy (non-hydrogen) atoms. The molecule has 2 aromatic carbocycles. The van der Waals surface area contributed by atoms with E-state index in [4.69, 9.17) is 31.4 Å². The van der Waals surface area contributed by atoms with Crippen LogP contribution in [0.2, 0.25) is 5.02 Å². The molecule has 0 bridgehead atoms.